The van der Waals surface area contributed by atoms with E-state index < -0.39 is 0 Å². The third-order valence-electron chi connectivity index (χ3n) is 2.80. The minimum absolute atomic E-state index is 0.208. The maximum atomic E-state index is 6.23. The van der Waals surface area contributed by atoms with E-state index in [-0.39, 0.29) is 6.04 Å². The summed E-state index contributed by atoms with van der Waals surface area (Å²) in [5.41, 5.74) is 9.95. The van der Waals surface area contributed by atoms with Crippen molar-refractivity contribution in [2.24, 2.45) is 5.73 Å². The summed E-state index contributed by atoms with van der Waals surface area (Å²) in [4.78, 5) is 8.50. The highest BCUT2D eigenvalue weighted by atomic mass is 32.1. The molecule has 84 valence electrons. The van der Waals surface area contributed by atoms with Crippen LogP contribution in [0.4, 0.5) is 0 Å². The Labute approximate surface area is 103 Å². The molecule has 0 bridgehead atoms. The second-order valence-electron chi connectivity index (χ2n) is 3.84. The van der Waals surface area contributed by atoms with Gasteiger partial charge < -0.3 is 5.73 Å². The average Bonchev–Trinajstić information content (AvgIpc) is 2.91. The first kappa shape index (κ1) is 10.4. The van der Waals surface area contributed by atoms with Gasteiger partial charge in [-0.25, -0.2) is 4.98 Å². The number of fused-ring (bicyclic) bond motifs is 1. The first-order valence-corrected chi connectivity index (χ1v) is 6.27. The second-order valence-corrected chi connectivity index (χ2v) is 4.56. The normalized spacial score (nSPS) is 12.8. The zero-order valence-corrected chi connectivity index (χ0v) is 9.89. The van der Waals surface area contributed by atoms with Crippen LogP contribution in [-0.4, -0.2) is 9.97 Å². The lowest BCUT2D eigenvalue weighted by Gasteiger charge is -2.11. The Morgan fingerprint density at radius 1 is 1.18 bits per heavy atom. The first-order valence-electron chi connectivity index (χ1n) is 5.32. The van der Waals surface area contributed by atoms with Gasteiger partial charge in [-0.1, -0.05) is 24.3 Å². The lowest BCUT2D eigenvalue weighted by molar-refractivity contribution is 0.841. The van der Waals surface area contributed by atoms with Gasteiger partial charge in [0.25, 0.3) is 0 Å². The van der Waals surface area contributed by atoms with Gasteiger partial charge >= 0.3 is 0 Å². The fourth-order valence-electron chi connectivity index (χ4n) is 1.92. The molecule has 2 heterocycles. The first-order chi connectivity index (χ1) is 8.36. The predicted octanol–water partition coefficient (Wildman–Crippen LogP) is 2.74. The Morgan fingerprint density at radius 2 is 2.06 bits per heavy atom. The SMILES string of the molecule is NC(c1cscn1)c1cncc2ccccc12. The quantitative estimate of drug-likeness (QED) is 0.750. The van der Waals surface area contributed by atoms with Crippen LogP contribution in [0.1, 0.15) is 17.3 Å². The van der Waals surface area contributed by atoms with E-state index in [9.17, 15) is 0 Å². The zero-order chi connectivity index (χ0) is 11.7. The third kappa shape index (κ3) is 1.81. The van der Waals surface area contributed by atoms with Crippen molar-refractivity contribution in [2.45, 2.75) is 6.04 Å². The lowest BCUT2D eigenvalue weighted by atomic mass is 10.0. The minimum Gasteiger partial charge on any atom is -0.319 e. The van der Waals surface area contributed by atoms with Crippen LogP contribution >= 0.6 is 11.3 Å². The molecule has 0 amide bonds. The summed E-state index contributed by atoms with van der Waals surface area (Å²) in [6.45, 7) is 0. The van der Waals surface area contributed by atoms with E-state index in [4.69, 9.17) is 5.73 Å². The summed E-state index contributed by atoms with van der Waals surface area (Å²) >= 11 is 1.56. The molecule has 0 aliphatic rings. The molecule has 4 heteroatoms. The predicted molar refractivity (Wildman–Crippen MR) is 69.9 cm³/mol. The Kier molecular flexibility index (Phi) is 2.59. The van der Waals surface area contributed by atoms with Gasteiger partial charge in [-0.3, -0.25) is 4.98 Å². The molecule has 0 saturated heterocycles. The van der Waals surface area contributed by atoms with Crippen LogP contribution in [0, 0.1) is 0 Å². The second kappa shape index (κ2) is 4.24. The Morgan fingerprint density at radius 3 is 2.88 bits per heavy atom. The number of rotatable bonds is 2. The summed E-state index contributed by atoms with van der Waals surface area (Å²) in [5.74, 6) is 0. The molecule has 2 N–H and O–H groups in total. The van der Waals surface area contributed by atoms with Gasteiger partial charge in [0, 0.05) is 28.7 Å². The van der Waals surface area contributed by atoms with Gasteiger partial charge in [0.05, 0.1) is 17.2 Å². The van der Waals surface area contributed by atoms with Crippen LogP contribution in [0.25, 0.3) is 10.8 Å². The molecule has 3 aromatic rings. The Hall–Kier alpha value is -1.78. The van der Waals surface area contributed by atoms with Gasteiger partial charge in [-0.15, -0.1) is 11.3 Å². The summed E-state index contributed by atoms with van der Waals surface area (Å²) in [7, 11) is 0. The topological polar surface area (TPSA) is 51.8 Å². The van der Waals surface area contributed by atoms with Crippen molar-refractivity contribution in [1.82, 2.24) is 9.97 Å². The van der Waals surface area contributed by atoms with E-state index in [1.807, 2.05) is 36.0 Å². The summed E-state index contributed by atoms with van der Waals surface area (Å²) < 4.78 is 0. The van der Waals surface area contributed by atoms with E-state index in [2.05, 4.69) is 16.0 Å². The van der Waals surface area contributed by atoms with Crippen molar-refractivity contribution in [3.8, 4) is 0 Å². The molecule has 3 nitrogen and oxygen atoms in total. The number of thiazole rings is 1. The largest absolute Gasteiger partial charge is 0.319 e. The molecule has 1 unspecified atom stereocenters. The maximum Gasteiger partial charge on any atom is 0.0795 e. The van der Waals surface area contributed by atoms with Crippen molar-refractivity contribution in [3.05, 3.63) is 58.8 Å². The molecule has 1 aromatic carbocycles. The van der Waals surface area contributed by atoms with Crippen LogP contribution in [0.3, 0.4) is 0 Å². The molecule has 0 saturated carbocycles. The van der Waals surface area contributed by atoms with E-state index in [0.717, 1.165) is 22.0 Å². The average molecular weight is 241 g/mol. The molecule has 0 fully saturated rings. The van der Waals surface area contributed by atoms with Gasteiger partial charge in [0.15, 0.2) is 0 Å². The third-order valence-corrected chi connectivity index (χ3v) is 3.41. The molecule has 17 heavy (non-hydrogen) atoms. The van der Waals surface area contributed by atoms with Gasteiger partial charge in [0.1, 0.15) is 0 Å². The molecule has 0 radical (unpaired) electrons. The minimum atomic E-state index is -0.208. The molecular weight excluding hydrogens is 230 g/mol. The van der Waals surface area contributed by atoms with Gasteiger partial charge in [-0.2, -0.15) is 0 Å². The zero-order valence-electron chi connectivity index (χ0n) is 9.08. The number of nitrogens with zero attached hydrogens (tertiary/aromatic N) is 2. The maximum absolute atomic E-state index is 6.23. The highest BCUT2D eigenvalue weighted by Crippen LogP contribution is 2.25. The number of hydrogen-bond donors (Lipinski definition) is 1. The fraction of sp³-hybridized carbons (Fsp3) is 0.0769. The number of aromatic nitrogens is 2. The molecule has 0 spiro atoms. The molecule has 1 atom stereocenters. The standard InChI is InChI=1S/C13H11N3S/c14-13(12-7-17-8-16-12)11-6-15-5-9-3-1-2-4-10(9)11/h1-8,13H,14H2. The van der Waals surface area contributed by atoms with Crippen molar-refractivity contribution >= 4 is 22.1 Å². The van der Waals surface area contributed by atoms with Crippen LogP contribution in [0.2, 0.25) is 0 Å². The number of nitrogens with two attached hydrogens (primary N) is 1. The Bertz CT molecular complexity index is 629. The summed E-state index contributed by atoms with van der Waals surface area (Å²) in [6, 6.07) is 7.92. The van der Waals surface area contributed by atoms with E-state index in [0.29, 0.717) is 0 Å². The summed E-state index contributed by atoms with van der Waals surface area (Å²) in [5, 5.41) is 4.23. The fourth-order valence-corrected chi connectivity index (χ4v) is 2.51. The molecule has 0 aliphatic carbocycles. The number of pyridine rings is 1. The van der Waals surface area contributed by atoms with E-state index >= 15 is 0 Å². The number of benzene rings is 1. The lowest BCUT2D eigenvalue weighted by Crippen LogP contribution is -2.12. The van der Waals surface area contributed by atoms with Crippen molar-refractivity contribution < 1.29 is 0 Å². The Balaban J connectivity index is 2.17. The number of hydrogen-bond acceptors (Lipinski definition) is 4. The van der Waals surface area contributed by atoms with Crippen molar-refractivity contribution in [2.75, 3.05) is 0 Å². The highest BCUT2D eigenvalue weighted by Gasteiger charge is 2.13. The van der Waals surface area contributed by atoms with E-state index in [1.54, 1.807) is 16.8 Å². The highest BCUT2D eigenvalue weighted by molar-refractivity contribution is 7.07. The molecule has 3 rings (SSSR count). The monoisotopic (exact) mass is 241 g/mol. The van der Waals surface area contributed by atoms with Crippen LogP contribution in [0.15, 0.2) is 47.5 Å². The van der Waals surface area contributed by atoms with Gasteiger partial charge in [0.2, 0.25) is 0 Å². The summed E-state index contributed by atoms with van der Waals surface area (Å²) in [6.07, 6.45) is 3.68. The molecule has 0 aliphatic heterocycles. The van der Waals surface area contributed by atoms with Gasteiger partial charge in [-0.05, 0) is 5.39 Å². The molecule has 2 aromatic heterocycles. The molecular formula is C13H11N3S. The van der Waals surface area contributed by atoms with Crippen molar-refractivity contribution in [3.63, 3.8) is 0 Å². The van der Waals surface area contributed by atoms with Crippen LogP contribution < -0.4 is 5.73 Å². The van der Waals surface area contributed by atoms with Crippen LogP contribution in [0.5, 0.6) is 0 Å². The van der Waals surface area contributed by atoms with E-state index in [1.165, 1.54) is 0 Å². The smallest absolute Gasteiger partial charge is 0.0795 e. The van der Waals surface area contributed by atoms with Crippen LogP contribution in [-0.2, 0) is 0 Å². The van der Waals surface area contributed by atoms with Crippen molar-refractivity contribution in [1.29, 1.82) is 0 Å².